The summed E-state index contributed by atoms with van der Waals surface area (Å²) in [6, 6.07) is 1.87. The third-order valence-electron chi connectivity index (χ3n) is 3.51. The fourth-order valence-electron chi connectivity index (χ4n) is 2.55. The fourth-order valence-corrected chi connectivity index (χ4v) is 2.55. The third-order valence-corrected chi connectivity index (χ3v) is 3.51. The zero-order chi connectivity index (χ0) is 16.8. The van der Waals surface area contributed by atoms with Gasteiger partial charge in [0.15, 0.2) is 0 Å². The van der Waals surface area contributed by atoms with Crippen LogP contribution in [-0.4, -0.2) is 41.3 Å². The first-order valence-corrected chi connectivity index (χ1v) is 8.01. The highest BCUT2D eigenvalue weighted by Gasteiger charge is 2.18. The molecule has 2 aromatic heterocycles. The van der Waals surface area contributed by atoms with Crippen molar-refractivity contribution in [2.24, 2.45) is 0 Å². The van der Waals surface area contributed by atoms with Crippen molar-refractivity contribution in [1.82, 2.24) is 15.0 Å². The maximum absolute atomic E-state index is 5.80. The molecule has 1 fully saturated rings. The number of ether oxygens (including phenoxy) is 2. The maximum Gasteiger partial charge on any atom is 0.226 e. The molecule has 0 aliphatic carbocycles. The molecule has 3 heterocycles. The Kier molecular flexibility index (Phi) is 5.92. The second-order valence-electron chi connectivity index (χ2n) is 5.11. The van der Waals surface area contributed by atoms with Gasteiger partial charge in [0.2, 0.25) is 11.8 Å². The van der Waals surface area contributed by atoms with Gasteiger partial charge in [-0.2, -0.15) is 4.98 Å². The summed E-state index contributed by atoms with van der Waals surface area (Å²) in [6.07, 6.45) is 2.36. The van der Waals surface area contributed by atoms with E-state index in [1.165, 1.54) is 0 Å². The minimum absolute atomic E-state index is 0.209. The second-order valence-corrected chi connectivity index (χ2v) is 5.11. The van der Waals surface area contributed by atoms with Gasteiger partial charge in [-0.15, -0.1) is 0 Å². The smallest absolute Gasteiger partial charge is 0.226 e. The van der Waals surface area contributed by atoms with Gasteiger partial charge in [0.05, 0.1) is 18.7 Å². The number of nitrogens with zero attached hydrogens (tertiary/aromatic N) is 3. The number of aryl methyl sites for hydroxylation is 1. The molecule has 7 nitrogen and oxygen atoms in total. The van der Waals surface area contributed by atoms with E-state index >= 15 is 0 Å². The molecule has 0 spiro atoms. The SMILES string of the molecule is CC.COc1nc(C)cc2nc(N)nc(NCC3CCCO3)c12. The van der Waals surface area contributed by atoms with Gasteiger partial charge in [0, 0.05) is 18.8 Å². The molecule has 1 unspecified atom stereocenters. The summed E-state index contributed by atoms with van der Waals surface area (Å²) < 4.78 is 11.0. The van der Waals surface area contributed by atoms with E-state index in [0.717, 1.165) is 36.0 Å². The van der Waals surface area contributed by atoms with Crippen LogP contribution in [-0.2, 0) is 4.74 Å². The Labute approximate surface area is 136 Å². The van der Waals surface area contributed by atoms with Crippen molar-refractivity contribution in [2.45, 2.75) is 39.7 Å². The van der Waals surface area contributed by atoms with Crippen molar-refractivity contribution in [3.63, 3.8) is 0 Å². The molecule has 3 N–H and O–H groups in total. The van der Waals surface area contributed by atoms with Gasteiger partial charge >= 0.3 is 0 Å². The lowest BCUT2D eigenvalue weighted by Crippen LogP contribution is -2.19. The molecule has 0 saturated carbocycles. The number of aromatic nitrogens is 3. The van der Waals surface area contributed by atoms with Crippen LogP contribution in [0.25, 0.3) is 10.9 Å². The van der Waals surface area contributed by atoms with Crippen molar-refractivity contribution in [2.75, 3.05) is 31.3 Å². The fraction of sp³-hybridized carbons (Fsp3) is 0.562. The van der Waals surface area contributed by atoms with E-state index in [0.29, 0.717) is 18.2 Å². The monoisotopic (exact) mass is 319 g/mol. The molecule has 1 atom stereocenters. The number of nitrogen functional groups attached to an aromatic ring is 1. The lowest BCUT2D eigenvalue weighted by Gasteiger charge is -2.14. The van der Waals surface area contributed by atoms with Gasteiger partial charge in [-0.05, 0) is 25.8 Å². The number of methoxy groups -OCH3 is 1. The van der Waals surface area contributed by atoms with Crippen LogP contribution >= 0.6 is 0 Å². The molecular formula is C16H25N5O2. The number of nitrogens with two attached hydrogens (primary N) is 1. The van der Waals surface area contributed by atoms with Crippen molar-refractivity contribution in [3.05, 3.63) is 11.8 Å². The summed E-state index contributed by atoms with van der Waals surface area (Å²) in [5, 5.41) is 4.03. The molecular weight excluding hydrogens is 294 g/mol. The average Bonchev–Trinajstić information content (AvgIpc) is 3.06. The highest BCUT2D eigenvalue weighted by molar-refractivity contribution is 5.94. The van der Waals surface area contributed by atoms with Crippen LogP contribution in [0.3, 0.4) is 0 Å². The minimum Gasteiger partial charge on any atom is -0.480 e. The van der Waals surface area contributed by atoms with Gasteiger partial charge < -0.3 is 20.5 Å². The van der Waals surface area contributed by atoms with Crippen LogP contribution in [0.2, 0.25) is 0 Å². The van der Waals surface area contributed by atoms with Crippen LogP contribution < -0.4 is 15.8 Å². The summed E-state index contributed by atoms with van der Waals surface area (Å²) in [5.74, 6) is 1.36. The first-order chi connectivity index (χ1) is 11.2. The predicted octanol–water partition coefficient (Wildman–Crippen LogP) is 2.54. The van der Waals surface area contributed by atoms with Crippen molar-refractivity contribution >= 4 is 22.7 Å². The topological polar surface area (TPSA) is 95.2 Å². The van der Waals surface area contributed by atoms with Gasteiger partial charge in [0.1, 0.15) is 11.2 Å². The largest absolute Gasteiger partial charge is 0.480 e. The molecule has 7 heteroatoms. The molecule has 3 rings (SSSR count). The Morgan fingerprint density at radius 1 is 1.35 bits per heavy atom. The Morgan fingerprint density at radius 3 is 2.78 bits per heavy atom. The number of hydrogen-bond donors (Lipinski definition) is 2. The quantitative estimate of drug-likeness (QED) is 0.894. The van der Waals surface area contributed by atoms with E-state index in [4.69, 9.17) is 15.2 Å². The van der Waals surface area contributed by atoms with Gasteiger partial charge in [-0.1, -0.05) is 13.8 Å². The lowest BCUT2D eigenvalue weighted by atomic mass is 10.2. The summed E-state index contributed by atoms with van der Waals surface area (Å²) in [7, 11) is 1.58. The van der Waals surface area contributed by atoms with E-state index in [2.05, 4.69) is 20.3 Å². The van der Waals surface area contributed by atoms with E-state index in [9.17, 15) is 0 Å². The number of hydrogen-bond acceptors (Lipinski definition) is 7. The first-order valence-electron chi connectivity index (χ1n) is 8.01. The Hall–Kier alpha value is -2.15. The maximum atomic E-state index is 5.80. The molecule has 0 aromatic carbocycles. The molecule has 1 aliphatic heterocycles. The number of anilines is 2. The van der Waals surface area contributed by atoms with Crippen LogP contribution in [0.4, 0.5) is 11.8 Å². The molecule has 2 aromatic rings. The van der Waals surface area contributed by atoms with Gasteiger partial charge in [-0.3, -0.25) is 0 Å². The minimum atomic E-state index is 0.209. The highest BCUT2D eigenvalue weighted by atomic mass is 16.5. The van der Waals surface area contributed by atoms with Crippen LogP contribution in [0.5, 0.6) is 5.88 Å². The number of rotatable bonds is 4. The van der Waals surface area contributed by atoms with Crippen LogP contribution in [0.15, 0.2) is 6.07 Å². The van der Waals surface area contributed by atoms with Crippen molar-refractivity contribution in [3.8, 4) is 5.88 Å². The third kappa shape index (κ3) is 3.98. The number of pyridine rings is 1. The summed E-state index contributed by atoms with van der Waals surface area (Å²) in [4.78, 5) is 12.9. The molecule has 0 radical (unpaired) electrons. The van der Waals surface area contributed by atoms with Crippen molar-refractivity contribution in [1.29, 1.82) is 0 Å². The van der Waals surface area contributed by atoms with E-state index in [-0.39, 0.29) is 12.1 Å². The number of nitrogens with one attached hydrogen (secondary N) is 1. The molecule has 1 aliphatic rings. The second kappa shape index (κ2) is 7.92. The normalized spacial score (nSPS) is 16.8. The first kappa shape index (κ1) is 17.2. The summed E-state index contributed by atoms with van der Waals surface area (Å²) in [5.41, 5.74) is 7.34. The Morgan fingerprint density at radius 2 is 2.13 bits per heavy atom. The molecule has 126 valence electrons. The average molecular weight is 319 g/mol. The van der Waals surface area contributed by atoms with Crippen molar-refractivity contribution < 1.29 is 9.47 Å². The highest BCUT2D eigenvalue weighted by Crippen LogP contribution is 2.30. The zero-order valence-electron chi connectivity index (χ0n) is 14.2. The molecule has 0 bridgehead atoms. The lowest BCUT2D eigenvalue weighted by molar-refractivity contribution is 0.120. The van der Waals surface area contributed by atoms with E-state index < -0.39 is 0 Å². The standard InChI is InChI=1S/C14H19N5O2.C2H6/c1-8-6-10-11(13(17-8)20-2)12(19-14(15)18-10)16-7-9-4-3-5-21-9;1-2/h6,9H,3-5,7H2,1-2H3,(H3,15,16,18,19);1-2H3. The molecule has 23 heavy (non-hydrogen) atoms. The van der Waals surface area contributed by atoms with E-state index in [1.54, 1.807) is 7.11 Å². The zero-order valence-corrected chi connectivity index (χ0v) is 14.2. The van der Waals surface area contributed by atoms with Crippen LogP contribution in [0.1, 0.15) is 32.4 Å². The van der Waals surface area contributed by atoms with E-state index in [1.807, 2.05) is 26.8 Å². The summed E-state index contributed by atoms with van der Waals surface area (Å²) in [6.45, 7) is 7.39. The molecule has 0 amide bonds. The van der Waals surface area contributed by atoms with Crippen LogP contribution in [0, 0.1) is 6.92 Å². The molecule has 1 saturated heterocycles. The van der Waals surface area contributed by atoms with Gasteiger partial charge in [0.25, 0.3) is 0 Å². The Bertz CT molecular complexity index is 651. The number of fused-ring (bicyclic) bond motifs is 1. The Balaban J connectivity index is 0.000000924. The summed E-state index contributed by atoms with van der Waals surface area (Å²) >= 11 is 0. The van der Waals surface area contributed by atoms with Gasteiger partial charge in [-0.25, -0.2) is 9.97 Å². The predicted molar refractivity (Wildman–Crippen MR) is 91.8 cm³/mol.